The summed E-state index contributed by atoms with van der Waals surface area (Å²) < 4.78 is 5.25. The van der Waals surface area contributed by atoms with Gasteiger partial charge < -0.3 is 15.2 Å². The Bertz CT molecular complexity index is 357. The third-order valence-corrected chi connectivity index (χ3v) is 3.92. The molecular weight excluding hydrogens is 238 g/mol. The molecule has 3 heteroatoms. The van der Waals surface area contributed by atoms with Crippen molar-refractivity contribution in [3.05, 3.63) is 35.9 Å². The zero-order chi connectivity index (χ0) is 13.6. The van der Waals surface area contributed by atoms with Gasteiger partial charge in [-0.05, 0) is 12.0 Å². The molecule has 0 aliphatic carbocycles. The van der Waals surface area contributed by atoms with Gasteiger partial charge in [0.1, 0.15) is 0 Å². The molecule has 0 bridgehead atoms. The average Bonchev–Trinajstić information content (AvgIpc) is 2.42. The van der Waals surface area contributed by atoms with Gasteiger partial charge in [0.15, 0.2) is 0 Å². The molecule has 1 heterocycles. The summed E-state index contributed by atoms with van der Waals surface area (Å²) >= 11 is 0. The number of nitrogens with one attached hydrogen (secondary N) is 1. The molecule has 19 heavy (non-hydrogen) atoms. The lowest BCUT2D eigenvalue weighted by Gasteiger charge is -2.41. The third kappa shape index (κ3) is 3.78. The monoisotopic (exact) mass is 263 g/mol. The van der Waals surface area contributed by atoms with Crippen LogP contribution in [0.3, 0.4) is 0 Å². The van der Waals surface area contributed by atoms with Gasteiger partial charge in [0, 0.05) is 12.6 Å². The van der Waals surface area contributed by atoms with E-state index in [-0.39, 0.29) is 12.0 Å². The molecule has 2 N–H and O–H groups in total. The smallest absolute Gasteiger partial charge is 0.0579 e. The second-order valence-electron chi connectivity index (χ2n) is 5.64. The maximum atomic E-state index is 9.48. The Kier molecular flexibility index (Phi) is 5.37. The molecule has 0 saturated carbocycles. The van der Waals surface area contributed by atoms with Gasteiger partial charge in [-0.25, -0.2) is 0 Å². The van der Waals surface area contributed by atoms with Gasteiger partial charge in [-0.2, -0.15) is 0 Å². The van der Waals surface area contributed by atoms with Gasteiger partial charge in [-0.1, -0.05) is 50.1 Å². The fraction of sp³-hybridized carbons (Fsp3) is 0.625. The van der Waals surface area contributed by atoms with Gasteiger partial charge >= 0.3 is 0 Å². The van der Waals surface area contributed by atoms with Crippen molar-refractivity contribution >= 4 is 0 Å². The number of aliphatic hydroxyl groups excluding tert-OH is 1. The Hall–Kier alpha value is -0.900. The maximum Gasteiger partial charge on any atom is 0.0579 e. The first-order valence-corrected chi connectivity index (χ1v) is 7.26. The number of rotatable bonds is 8. The number of ether oxygens (including phenoxy) is 1. The van der Waals surface area contributed by atoms with E-state index in [1.165, 1.54) is 18.4 Å². The summed E-state index contributed by atoms with van der Waals surface area (Å²) in [7, 11) is 0. The van der Waals surface area contributed by atoms with Crippen LogP contribution >= 0.6 is 0 Å². The second-order valence-corrected chi connectivity index (χ2v) is 5.64. The van der Waals surface area contributed by atoms with E-state index in [0.717, 1.165) is 13.0 Å². The zero-order valence-corrected chi connectivity index (χ0v) is 11.8. The van der Waals surface area contributed by atoms with Crippen LogP contribution in [-0.4, -0.2) is 31.5 Å². The van der Waals surface area contributed by atoms with E-state index >= 15 is 0 Å². The first-order valence-electron chi connectivity index (χ1n) is 7.26. The van der Waals surface area contributed by atoms with Crippen molar-refractivity contribution in [3.8, 4) is 0 Å². The molecule has 1 aromatic carbocycles. The number of aliphatic hydroxyl groups is 1. The van der Waals surface area contributed by atoms with E-state index < -0.39 is 0 Å². The first kappa shape index (κ1) is 14.5. The van der Waals surface area contributed by atoms with E-state index in [9.17, 15) is 5.11 Å². The summed E-state index contributed by atoms with van der Waals surface area (Å²) in [5.74, 6) is 0. The lowest BCUT2D eigenvalue weighted by molar-refractivity contribution is -0.135. The van der Waals surface area contributed by atoms with Crippen LogP contribution in [0.5, 0.6) is 0 Å². The van der Waals surface area contributed by atoms with E-state index in [1.807, 2.05) is 0 Å². The summed E-state index contributed by atoms with van der Waals surface area (Å²) in [6.45, 7) is 4.59. The molecule has 106 valence electrons. The SMILES string of the molecule is CCCCC(NCC1(CO)COC1)c1ccccc1. The van der Waals surface area contributed by atoms with Gasteiger partial charge in [0.05, 0.1) is 25.2 Å². The van der Waals surface area contributed by atoms with E-state index in [1.54, 1.807) is 0 Å². The van der Waals surface area contributed by atoms with Crippen molar-refractivity contribution in [1.29, 1.82) is 0 Å². The molecule has 1 fully saturated rings. The highest BCUT2D eigenvalue weighted by atomic mass is 16.5. The third-order valence-electron chi connectivity index (χ3n) is 3.92. The Morgan fingerprint density at radius 1 is 1.32 bits per heavy atom. The number of hydrogen-bond acceptors (Lipinski definition) is 3. The molecule has 0 spiro atoms. The number of unbranched alkanes of at least 4 members (excludes halogenated alkanes) is 1. The van der Waals surface area contributed by atoms with Gasteiger partial charge in [-0.3, -0.25) is 0 Å². The lowest BCUT2D eigenvalue weighted by atomic mass is 9.86. The fourth-order valence-corrected chi connectivity index (χ4v) is 2.46. The average molecular weight is 263 g/mol. The molecule has 1 unspecified atom stereocenters. The van der Waals surface area contributed by atoms with Gasteiger partial charge in [0.2, 0.25) is 0 Å². The molecule has 0 amide bonds. The van der Waals surface area contributed by atoms with E-state index in [4.69, 9.17) is 4.74 Å². The van der Waals surface area contributed by atoms with E-state index in [0.29, 0.717) is 19.3 Å². The Balaban J connectivity index is 1.94. The minimum absolute atomic E-state index is 0.0563. The first-order chi connectivity index (χ1) is 9.29. The standard InChI is InChI=1S/C16H25NO2/c1-2-3-9-15(14-7-5-4-6-8-14)17-10-16(11-18)12-19-13-16/h4-8,15,17-18H,2-3,9-13H2,1H3. The summed E-state index contributed by atoms with van der Waals surface area (Å²) in [4.78, 5) is 0. The minimum Gasteiger partial charge on any atom is -0.396 e. The second kappa shape index (κ2) is 7.04. The molecule has 2 rings (SSSR count). The quantitative estimate of drug-likeness (QED) is 0.757. The summed E-state index contributed by atoms with van der Waals surface area (Å²) in [6.07, 6.45) is 3.57. The predicted molar refractivity (Wildman–Crippen MR) is 77.0 cm³/mol. The van der Waals surface area contributed by atoms with Crippen molar-refractivity contribution in [1.82, 2.24) is 5.32 Å². The lowest BCUT2D eigenvalue weighted by Crippen LogP contribution is -2.52. The van der Waals surface area contributed by atoms with Crippen LogP contribution < -0.4 is 5.32 Å². The highest BCUT2D eigenvalue weighted by Crippen LogP contribution is 2.28. The predicted octanol–water partition coefficient (Wildman–Crippen LogP) is 2.52. The molecule has 1 aromatic rings. The topological polar surface area (TPSA) is 41.5 Å². The van der Waals surface area contributed by atoms with Gasteiger partial charge in [-0.15, -0.1) is 0 Å². The van der Waals surface area contributed by atoms with Crippen LogP contribution in [-0.2, 0) is 4.74 Å². The van der Waals surface area contributed by atoms with Crippen molar-refractivity contribution in [2.45, 2.75) is 32.2 Å². The van der Waals surface area contributed by atoms with Crippen LogP contribution in [0, 0.1) is 5.41 Å². The van der Waals surface area contributed by atoms with Crippen LogP contribution in [0.15, 0.2) is 30.3 Å². The fourth-order valence-electron chi connectivity index (χ4n) is 2.46. The summed E-state index contributed by atoms with van der Waals surface area (Å²) in [6, 6.07) is 11.0. The Morgan fingerprint density at radius 3 is 2.58 bits per heavy atom. The molecule has 1 aliphatic heterocycles. The van der Waals surface area contributed by atoms with E-state index in [2.05, 4.69) is 42.6 Å². The molecule has 1 saturated heterocycles. The molecule has 0 radical (unpaired) electrons. The number of hydrogen-bond donors (Lipinski definition) is 2. The normalized spacial score (nSPS) is 18.8. The van der Waals surface area contributed by atoms with Crippen LogP contribution in [0.1, 0.15) is 37.8 Å². The van der Waals surface area contributed by atoms with Crippen LogP contribution in [0.25, 0.3) is 0 Å². The zero-order valence-electron chi connectivity index (χ0n) is 11.8. The van der Waals surface area contributed by atoms with Crippen molar-refractivity contribution in [2.24, 2.45) is 5.41 Å². The highest BCUT2D eigenvalue weighted by Gasteiger charge is 2.38. The van der Waals surface area contributed by atoms with Crippen LogP contribution in [0.4, 0.5) is 0 Å². The van der Waals surface area contributed by atoms with Crippen molar-refractivity contribution in [2.75, 3.05) is 26.4 Å². The number of benzene rings is 1. The Labute approximate surface area is 116 Å². The van der Waals surface area contributed by atoms with Crippen molar-refractivity contribution in [3.63, 3.8) is 0 Å². The summed E-state index contributed by atoms with van der Waals surface area (Å²) in [5.41, 5.74) is 1.28. The van der Waals surface area contributed by atoms with Crippen molar-refractivity contribution < 1.29 is 9.84 Å². The molecule has 1 atom stereocenters. The maximum absolute atomic E-state index is 9.48. The molecule has 0 aromatic heterocycles. The molecule has 3 nitrogen and oxygen atoms in total. The van der Waals surface area contributed by atoms with Gasteiger partial charge in [0.25, 0.3) is 0 Å². The largest absolute Gasteiger partial charge is 0.396 e. The molecule has 1 aliphatic rings. The highest BCUT2D eigenvalue weighted by molar-refractivity contribution is 5.19. The minimum atomic E-state index is -0.0563. The Morgan fingerprint density at radius 2 is 2.05 bits per heavy atom. The molecular formula is C16H25NO2. The van der Waals surface area contributed by atoms with Crippen LogP contribution in [0.2, 0.25) is 0 Å². The summed E-state index contributed by atoms with van der Waals surface area (Å²) in [5, 5.41) is 13.1.